The molecule has 30 heavy (non-hydrogen) atoms. The van der Waals surface area contributed by atoms with Crippen LogP contribution >= 0.6 is 11.8 Å². The molecule has 4 rings (SSSR count). The molecule has 0 bridgehead atoms. The number of benzene rings is 1. The molecule has 0 aromatic heterocycles. The van der Waals surface area contributed by atoms with Gasteiger partial charge in [0.15, 0.2) is 0 Å². The molecule has 2 unspecified atom stereocenters. The van der Waals surface area contributed by atoms with Gasteiger partial charge in [0.25, 0.3) is 5.91 Å². The standard InChI is InChI=1S/C23H26FN3O2S/c1-23(2,3)13-4-9-16-17(12-13)30-22-20(16)21(29)26-18(27-22)10-11-19(28)25-15-7-5-14(24)6-8-15/h5-8,13,20H,4,9-12H2,1-3H3,(H,25,28). The number of halogens is 1. The number of amides is 2. The molecule has 0 spiro atoms. The Bertz CT molecular complexity index is 973. The van der Waals surface area contributed by atoms with Gasteiger partial charge in [-0.3, -0.25) is 9.59 Å². The van der Waals surface area contributed by atoms with Crippen molar-refractivity contribution in [1.29, 1.82) is 0 Å². The van der Waals surface area contributed by atoms with Crippen molar-refractivity contribution in [3.8, 4) is 0 Å². The Kier molecular flexibility index (Phi) is 5.66. The normalized spacial score (nSPS) is 23.5. The van der Waals surface area contributed by atoms with Crippen LogP contribution in [0.15, 0.2) is 44.7 Å². The fourth-order valence-electron chi connectivity index (χ4n) is 4.19. The molecule has 7 heteroatoms. The smallest absolute Gasteiger partial charge is 0.261 e. The van der Waals surface area contributed by atoms with Gasteiger partial charge in [0.1, 0.15) is 17.6 Å². The van der Waals surface area contributed by atoms with Crippen molar-refractivity contribution >= 4 is 40.1 Å². The summed E-state index contributed by atoms with van der Waals surface area (Å²) in [5.41, 5.74) is 1.99. The molecule has 0 saturated carbocycles. The summed E-state index contributed by atoms with van der Waals surface area (Å²) in [7, 11) is 0. The Labute approximate surface area is 180 Å². The van der Waals surface area contributed by atoms with Crippen LogP contribution in [0.25, 0.3) is 0 Å². The number of allylic oxidation sites excluding steroid dienone is 1. The van der Waals surface area contributed by atoms with Gasteiger partial charge in [-0.25, -0.2) is 9.38 Å². The molecule has 2 heterocycles. The lowest BCUT2D eigenvalue weighted by Crippen LogP contribution is -2.28. The molecule has 5 nitrogen and oxygen atoms in total. The van der Waals surface area contributed by atoms with Crippen LogP contribution in [-0.2, 0) is 9.59 Å². The maximum absolute atomic E-state index is 13.0. The van der Waals surface area contributed by atoms with Crippen LogP contribution in [0.1, 0.15) is 52.9 Å². The van der Waals surface area contributed by atoms with Crippen molar-refractivity contribution in [2.75, 3.05) is 5.32 Å². The molecular formula is C23H26FN3O2S. The lowest BCUT2D eigenvalue weighted by Gasteiger charge is -2.34. The summed E-state index contributed by atoms with van der Waals surface area (Å²) < 4.78 is 13.0. The maximum atomic E-state index is 13.0. The Morgan fingerprint density at radius 1 is 1.23 bits per heavy atom. The Hall–Kier alpha value is -2.28. The molecule has 1 aromatic rings. The number of amidine groups is 1. The second kappa shape index (κ2) is 8.10. The highest BCUT2D eigenvalue weighted by molar-refractivity contribution is 8.17. The van der Waals surface area contributed by atoms with Gasteiger partial charge in [-0.05, 0) is 65.3 Å². The minimum absolute atomic E-state index is 0.152. The molecule has 1 aromatic carbocycles. The number of anilines is 1. The van der Waals surface area contributed by atoms with E-state index in [0.29, 0.717) is 23.9 Å². The Morgan fingerprint density at radius 2 is 1.97 bits per heavy atom. The third kappa shape index (κ3) is 4.41. The van der Waals surface area contributed by atoms with Crippen molar-refractivity contribution in [3.63, 3.8) is 0 Å². The topological polar surface area (TPSA) is 70.9 Å². The molecule has 1 aliphatic carbocycles. The van der Waals surface area contributed by atoms with Crippen LogP contribution in [-0.4, -0.2) is 22.7 Å². The van der Waals surface area contributed by atoms with E-state index in [1.807, 2.05) is 0 Å². The summed E-state index contributed by atoms with van der Waals surface area (Å²) in [4.78, 5) is 35.0. The first-order valence-electron chi connectivity index (χ1n) is 10.4. The molecule has 1 N–H and O–H groups in total. The third-order valence-corrected chi connectivity index (χ3v) is 7.24. The van der Waals surface area contributed by atoms with Crippen molar-refractivity contribution in [2.45, 2.75) is 52.9 Å². The number of hydrogen-bond acceptors (Lipinski definition) is 4. The van der Waals surface area contributed by atoms with E-state index in [1.165, 1.54) is 34.7 Å². The minimum Gasteiger partial charge on any atom is -0.326 e. The minimum atomic E-state index is -0.354. The molecule has 0 saturated heterocycles. The number of carbonyl (C=O) groups is 2. The van der Waals surface area contributed by atoms with Gasteiger partial charge in [0.05, 0.1) is 5.04 Å². The highest BCUT2D eigenvalue weighted by atomic mass is 32.2. The molecule has 3 aliphatic rings. The SMILES string of the molecule is CC(C)(C)C1CCC2=C(C1)SC1=NC(CCC(=O)Nc3ccc(F)cc3)=NC(=O)C12. The van der Waals surface area contributed by atoms with Gasteiger partial charge >= 0.3 is 0 Å². The fourth-order valence-corrected chi connectivity index (χ4v) is 5.59. The van der Waals surface area contributed by atoms with Gasteiger partial charge in [0, 0.05) is 18.5 Å². The molecule has 158 valence electrons. The van der Waals surface area contributed by atoms with Gasteiger partial charge in [-0.2, -0.15) is 4.99 Å². The van der Waals surface area contributed by atoms with Gasteiger partial charge in [-0.15, -0.1) is 0 Å². The molecule has 0 fully saturated rings. The maximum Gasteiger partial charge on any atom is 0.261 e. The van der Waals surface area contributed by atoms with Crippen molar-refractivity contribution in [3.05, 3.63) is 40.6 Å². The van der Waals surface area contributed by atoms with E-state index in [9.17, 15) is 14.0 Å². The zero-order chi connectivity index (χ0) is 21.5. The van der Waals surface area contributed by atoms with Crippen LogP contribution in [0.3, 0.4) is 0 Å². The summed E-state index contributed by atoms with van der Waals surface area (Å²) in [6, 6.07) is 5.61. The first kappa shape index (κ1) is 21.0. The van der Waals surface area contributed by atoms with Crippen LogP contribution in [0, 0.1) is 23.1 Å². The summed E-state index contributed by atoms with van der Waals surface area (Å²) in [6.07, 6.45) is 3.49. The number of aliphatic imine (C=N–C) groups is 2. The average Bonchev–Trinajstić information content (AvgIpc) is 3.05. The second-order valence-corrected chi connectivity index (χ2v) is 10.3. The second-order valence-electron chi connectivity index (χ2n) is 9.16. The molecule has 0 radical (unpaired) electrons. The van der Waals surface area contributed by atoms with Crippen molar-refractivity contribution < 1.29 is 14.0 Å². The monoisotopic (exact) mass is 427 g/mol. The predicted octanol–water partition coefficient (Wildman–Crippen LogP) is 5.34. The Balaban J connectivity index is 1.38. The Morgan fingerprint density at radius 3 is 2.67 bits per heavy atom. The number of thioether (sulfide) groups is 1. The average molecular weight is 428 g/mol. The zero-order valence-corrected chi connectivity index (χ0v) is 18.3. The third-order valence-electron chi connectivity index (χ3n) is 6.03. The number of carbonyl (C=O) groups excluding carboxylic acids is 2. The molecule has 2 amide bonds. The highest BCUT2D eigenvalue weighted by Crippen LogP contribution is 2.52. The number of rotatable bonds is 4. The van der Waals surface area contributed by atoms with Gasteiger partial charge < -0.3 is 5.32 Å². The van der Waals surface area contributed by atoms with Gasteiger partial charge in [0.2, 0.25) is 5.91 Å². The first-order chi connectivity index (χ1) is 14.2. The number of fused-ring (bicyclic) bond motifs is 2. The predicted molar refractivity (Wildman–Crippen MR) is 119 cm³/mol. The van der Waals surface area contributed by atoms with E-state index in [0.717, 1.165) is 24.3 Å². The fraction of sp³-hybridized carbons (Fsp3) is 0.478. The summed E-state index contributed by atoms with van der Waals surface area (Å²) in [5, 5.41) is 3.54. The van der Waals surface area contributed by atoms with Crippen LogP contribution < -0.4 is 5.32 Å². The van der Waals surface area contributed by atoms with E-state index < -0.39 is 0 Å². The van der Waals surface area contributed by atoms with E-state index in [2.05, 4.69) is 36.1 Å². The molecular weight excluding hydrogens is 401 g/mol. The number of hydrogen-bond donors (Lipinski definition) is 1. The largest absolute Gasteiger partial charge is 0.326 e. The number of nitrogens with zero attached hydrogens (tertiary/aromatic N) is 2. The lowest BCUT2D eigenvalue weighted by atomic mass is 9.71. The van der Waals surface area contributed by atoms with E-state index in [-0.39, 0.29) is 35.4 Å². The zero-order valence-electron chi connectivity index (χ0n) is 17.5. The van der Waals surface area contributed by atoms with Crippen molar-refractivity contribution in [1.82, 2.24) is 0 Å². The summed E-state index contributed by atoms with van der Waals surface area (Å²) >= 11 is 1.64. The molecule has 2 atom stereocenters. The number of nitrogens with one attached hydrogen (secondary N) is 1. The lowest BCUT2D eigenvalue weighted by molar-refractivity contribution is -0.119. The van der Waals surface area contributed by atoms with E-state index in [1.54, 1.807) is 11.8 Å². The van der Waals surface area contributed by atoms with E-state index >= 15 is 0 Å². The van der Waals surface area contributed by atoms with E-state index in [4.69, 9.17) is 0 Å². The van der Waals surface area contributed by atoms with Crippen molar-refractivity contribution in [2.24, 2.45) is 27.2 Å². The van der Waals surface area contributed by atoms with Crippen LogP contribution in [0.2, 0.25) is 0 Å². The van der Waals surface area contributed by atoms with Crippen LogP contribution in [0.5, 0.6) is 0 Å². The first-order valence-corrected chi connectivity index (χ1v) is 11.2. The quantitative estimate of drug-likeness (QED) is 0.705. The van der Waals surface area contributed by atoms with Gasteiger partial charge in [-0.1, -0.05) is 32.5 Å². The highest BCUT2D eigenvalue weighted by Gasteiger charge is 2.43. The summed E-state index contributed by atoms with van der Waals surface area (Å²) in [5.74, 6) is -0.00465. The molecule has 2 aliphatic heterocycles. The van der Waals surface area contributed by atoms with Crippen LogP contribution in [0.4, 0.5) is 10.1 Å². The summed E-state index contributed by atoms with van der Waals surface area (Å²) in [6.45, 7) is 6.82.